The predicted octanol–water partition coefficient (Wildman–Crippen LogP) is 6.35. The van der Waals surface area contributed by atoms with Gasteiger partial charge in [0.15, 0.2) is 5.75 Å². The summed E-state index contributed by atoms with van der Waals surface area (Å²) in [6, 6.07) is 16.8. The molecule has 0 spiro atoms. The number of nitrogens with zero attached hydrogens (tertiary/aromatic N) is 3. The van der Waals surface area contributed by atoms with Gasteiger partial charge in [-0.3, -0.25) is 4.79 Å². The number of carbonyl (C=O) groups excluding carboxylic acids is 1. The molecule has 2 heterocycles. The van der Waals surface area contributed by atoms with Crippen molar-refractivity contribution in [1.29, 1.82) is 0 Å². The van der Waals surface area contributed by atoms with Gasteiger partial charge in [0.05, 0.1) is 16.7 Å². The zero-order valence-electron chi connectivity index (χ0n) is 20.1. The van der Waals surface area contributed by atoms with E-state index >= 15 is 0 Å². The van der Waals surface area contributed by atoms with Crippen LogP contribution in [0.25, 0.3) is 0 Å². The summed E-state index contributed by atoms with van der Waals surface area (Å²) in [5.74, 6) is 1.50. The summed E-state index contributed by atoms with van der Waals surface area (Å²) in [6.07, 6.45) is -3.99. The highest BCUT2D eigenvalue weighted by Crippen LogP contribution is 2.39. The Morgan fingerprint density at radius 3 is 2.44 bits per heavy atom. The first-order chi connectivity index (χ1) is 17.2. The third-order valence-electron chi connectivity index (χ3n) is 6.48. The molecule has 1 fully saturated rings. The van der Waals surface area contributed by atoms with E-state index in [2.05, 4.69) is 4.90 Å². The second-order valence-corrected chi connectivity index (χ2v) is 9.18. The van der Waals surface area contributed by atoms with E-state index in [1.54, 1.807) is 0 Å². The van der Waals surface area contributed by atoms with Crippen LogP contribution in [0.5, 0.6) is 11.5 Å². The number of alkyl halides is 3. The molecule has 0 N–H and O–H groups in total. The highest BCUT2D eigenvalue weighted by atomic mass is 19.4. The monoisotopic (exact) mass is 493 g/mol. The van der Waals surface area contributed by atoms with Gasteiger partial charge in [0, 0.05) is 26.2 Å². The van der Waals surface area contributed by atoms with Gasteiger partial charge in [0.25, 0.3) is 5.91 Å². The summed E-state index contributed by atoms with van der Waals surface area (Å²) in [5.41, 5.74) is 2.46. The van der Waals surface area contributed by atoms with Gasteiger partial charge in [-0.15, -0.1) is 0 Å². The summed E-state index contributed by atoms with van der Waals surface area (Å²) in [4.78, 5) is 21.7. The van der Waals surface area contributed by atoms with Crippen LogP contribution < -0.4 is 4.74 Å². The maximum Gasteiger partial charge on any atom is 0.417 e. The number of hydrogen-bond acceptors (Lipinski definition) is 4. The molecule has 0 aromatic heterocycles. The summed E-state index contributed by atoms with van der Waals surface area (Å²) in [7, 11) is 0. The van der Waals surface area contributed by atoms with Gasteiger partial charge >= 0.3 is 6.18 Å². The minimum Gasteiger partial charge on any atom is -0.454 e. The number of fused-ring (bicyclic) bond motifs is 2. The molecule has 5 rings (SSSR count). The van der Waals surface area contributed by atoms with Crippen molar-refractivity contribution in [3.8, 4) is 11.5 Å². The molecular formula is C28H26F3N3O2. The summed E-state index contributed by atoms with van der Waals surface area (Å²) in [5, 5.41) is 0. The van der Waals surface area contributed by atoms with Gasteiger partial charge < -0.3 is 14.5 Å². The molecule has 0 aliphatic carbocycles. The number of rotatable bonds is 1. The molecule has 3 aromatic rings. The van der Waals surface area contributed by atoms with E-state index in [1.807, 2.05) is 50.2 Å². The van der Waals surface area contributed by atoms with E-state index in [0.717, 1.165) is 28.6 Å². The lowest BCUT2D eigenvalue weighted by molar-refractivity contribution is -0.138. The Bertz CT molecular complexity index is 1350. The molecular weight excluding hydrogens is 467 g/mol. The van der Waals surface area contributed by atoms with Crippen molar-refractivity contribution in [2.75, 3.05) is 26.2 Å². The minimum absolute atomic E-state index is 0.285. The van der Waals surface area contributed by atoms with Crippen LogP contribution in [0.3, 0.4) is 0 Å². The zero-order valence-corrected chi connectivity index (χ0v) is 20.1. The van der Waals surface area contributed by atoms with Gasteiger partial charge in [-0.1, -0.05) is 29.8 Å². The van der Waals surface area contributed by atoms with Crippen LogP contribution >= 0.6 is 0 Å². The molecule has 0 radical (unpaired) electrons. The summed E-state index contributed by atoms with van der Waals surface area (Å²) in [6.45, 7) is 5.69. The maximum absolute atomic E-state index is 13.5. The van der Waals surface area contributed by atoms with Gasteiger partial charge in [-0.2, -0.15) is 13.2 Å². The van der Waals surface area contributed by atoms with Gasteiger partial charge in [0.2, 0.25) is 0 Å². The number of hydrogen-bond donors (Lipinski definition) is 0. The molecule has 2 aliphatic rings. The molecule has 186 valence electrons. The highest BCUT2D eigenvalue weighted by Gasteiger charge is 2.36. The van der Waals surface area contributed by atoms with Crippen LogP contribution in [-0.4, -0.2) is 47.7 Å². The first-order valence-electron chi connectivity index (χ1n) is 11.9. The number of aliphatic imine (C=N–C) groups is 1. The van der Waals surface area contributed by atoms with E-state index in [1.165, 1.54) is 23.1 Å². The first kappa shape index (κ1) is 23.9. The lowest BCUT2D eigenvalue weighted by Gasteiger charge is -2.26. The Kier molecular flexibility index (Phi) is 6.20. The van der Waals surface area contributed by atoms with Gasteiger partial charge in [-0.05, 0) is 62.2 Å². The molecule has 0 saturated carbocycles. The number of benzene rings is 3. The lowest BCUT2D eigenvalue weighted by atomic mass is 10.1. The molecule has 5 nitrogen and oxygen atoms in total. The van der Waals surface area contributed by atoms with Crippen LogP contribution in [0.2, 0.25) is 0 Å². The fourth-order valence-electron chi connectivity index (χ4n) is 4.66. The van der Waals surface area contributed by atoms with E-state index in [4.69, 9.17) is 9.73 Å². The number of amides is 1. The highest BCUT2D eigenvalue weighted by molar-refractivity contribution is 6.04. The van der Waals surface area contributed by atoms with Crippen molar-refractivity contribution in [2.45, 2.75) is 26.4 Å². The zero-order chi connectivity index (χ0) is 25.4. The average Bonchev–Trinajstić information content (AvgIpc) is 3.18. The van der Waals surface area contributed by atoms with Crippen molar-refractivity contribution >= 4 is 17.4 Å². The number of ether oxygens (including phenoxy) is 1. The summed E-state index contributed by atoms with van der Waals surface area (Å²) < 4.78 is 46.8. The molecule has 3 aromatic carbocycles. The SMILES string of the molecule is Cc1ccc2c(c1)Oc1ccc(C)cc1C(N1CCCN(C(=O)c3ccccc3C(F)(F)F)CC1)=N2. The first-order valence-corrected chi connectivity index (χ1v) is 11.9. The Morgan fingerprint density at radius 2 is 1.64 bits per heavy atom. The number of carbonyl (C=O) groups is 1. The smallest absolute Gasteiger partial charge is 0.417 e. The molecule has 1 amide bonds. The van der Waals surface area contributed by atoms with Crippen LogP contribution in [0, 0.1) is 13.8 Å². The molecule has 0 unspecified atom stereocenters. The Balaban J connectivity index is 1.45. The normalized spacial score (nSPS) is 15.8. The van der Waals surface area contributed by atoms with Crippen LogP contribution in [0.1, 0.15) is 39.0 Å². The fraction of sp³-hybridized carbons (Fsp3) is 0.286. The average molecular weight is 494 g/mol. The Labute approximate surface area is 207 Å². The Hall–Kier alpha value is -3.81. The minimum atomic E-state index is -4.59. The van der Waals surface area contributed by atoms with Crippen molar-refractivity contribution in [3.05, 3.63) is 88.5 Å². The third kappa shape index (κ3) is 4.67. The molecule has 2 aliphatic heterocycles. The van der Waals surface area contributed by atoms with E-state index in [0.29, 0.717) is 43.2 Å². The molecule has 8 heteroatoms. The second kappa shape index (κ2) is 9.33. The maximum atomic E-state index is 13.5. The van der Waals surface area contributed by atoms with E-state index < -0.39 is 17.6 Å². The van der Waals surface area contributed by atoms with Crippen molar-refractivity contribution in [2.24, 2.45) is 4.99 Å². The van der Waals surface area contributed by atoms with E-state index in [-0.39, 0.29) is 12.1 Å². The topological polar surface area (TPSA) is 45.1 Å². The molecule has 36 heavy (non-hydrogen) atoms. The fourth-order valence-corrected chi connectivity index (χ4v) is 4.66. The van der Waals surface area contributed by atoms with Gasteiger partial charge in [-0.25, -0.2) is 4.99 Å². The summed E-state index contributed by atoms with van der Waals surface area (Å²) >= 11 is 0. The lowest BCUT2D eigenvalue weighted by Crippen LogP contribution is -2.38. The van der Waals surface area contributed by atoms with Crippen molar-refractivity contribution < 1.29 is 22.7 Å². The van der Waals surface area contributed by atoms with Crippen molar-refractivity contribution in [1.82, 2.24) is 9.80 Å². The van der Waals surface area contributed by atoms with Gasteiger partial charge in [0.1, 0.15) is 17.3 Å². The predicted molar refractivity (Wildman–Crippen MR) is 132 cm³/mol. The second-order valence-electron chi connectivity index (χ2n) is 9.18. The van der Waals surface area contributed by atoms with Crippen LogP contribution in [0.4, 0.5) is 18.9 Å². The third-order valence-corrected chi connectivity index (χ3v) is 6.48. The van der Waals surface area contributed by atoms with Crippen LogP contribution in [-0.2, 0) is 6.18 Å². The molecule has 0 bridgehead atoms. The quantitative estimate of drug-likeness (QED) is 0.397. The number of amidine groups is 1. The van der Waals surface area contributed by atoms with Crippen LogP contribution in [0.15, 0.2) is 65.7 Å². The molecule has 1 saturated heterocycles. The van der Waals surface area contributed by atoms with E-state index in [9.17, 15) is 18.0 Å². The molecule has 0 atom stereocenters. The number of halogens is 3. The number of aryl methyl sites for hydroxylation is 2. The largest absolute Gasteiger partial charge is 0.454 e. The van der Waals surface area contributed by atoms with Crippen molar-refractivity contribution in [3.63, 3.8) is 0 Å². The standard InChI is InChI=1S/C28H26F3N3O2/c1-18-9-11-24-21(16-18)26(32-23-10-8-19(2)17-25(23)36-24)33-12-5-13-34(15-14-33)27(35)20-6-3-4-7-22(20)28(29,30)31/h3-4,6-11,16-17H,5,12-15H2,1-2H3. The Morgan fingerprint density at radius 1 is 0.889 bits per heavy atom.